The van der Waals surface area contributed by atoms with Gasteiger partial charge in [-0.2, -0.15) is 0 Å². The van der Waals surface area contributed by atoms with Crippen LogP contribution in [0, 0.1) is 0 Å². The second kappa shape index (κ2) is 6.38. The van der Waals surface area contributed by atoms with Gasteiger partial charge in [0, 0.05) is 11.6 Å². The Balaban J connectivity index is 0.000000155. The third-order valence-corrected chi connectivity index (χ3v) is 2.75. The van der Waals surface area contributed by atoms with Crippen molar-refractivity contribution in [1.29, 1.82) is 0 Å². The number of carboxylic acids is 1. The van der Waals surface area contributed by atoms with Gasteiger partial charge in [0.1, 0.15) is 22.6 Å². The molecule has 3 rings (SSSR count). The summed E-state index contributed by atoms with van der Waals surface area (Å²) in [5, 5.41) is 27.6. The van der Waals surface area contributed by atoms with Crippen LogP contribution in [0.25, 0.3) is 10.9 Å². The maximum atomic E-state index is 10.3. The largest absolute Gasteiger partial charge is 0.507 e. The van der Waals surface area contributed by atoms with Crippen molar-refractivity contribution >= 4 is 16.9 Å². The number of phenolic OH excluding ortho intramolecular Hbond substituents is 1. The lowest BCUT2D eigenvalue weighted by atomic mass is 10.2. The van der Waals surface area contributed by atoms with Gasteiger partial charge in [0.05, 0.1) is 0 Å². The molecule has 0 aliphatic rings. The Morgan fingerprint density at radius 3 is 2.14 bits per heavy atom. The molecule has 1 aromatic heterocycles. The van der Waals surface area contributed by atoms with Crippen LogP contribution in [-0.4, -0.2) is 26.3 Å². The van der Waals surface area contributed by atoms with E-state index in [1.54, 1.807) is 30.5 Å². The molecule has 0 fully saturated rings. The number of carbonyl (C=O) groups is 1. The number of aromatic nitrogens is 1. The van der Waals surface area contributed by atoms with Gasteiger partial charge >= 0.3 is 5.97 Å². The number of hydrogen-bond donors (Lipinski definition) is 3. The third-order valence-electron chi connectivity index (χ3n) is 2.75. The number of fused-ring (bicyclic) bond motifs is 1. The lowest BCUT2D eigenvalue weighted by molar-refractivity contribution is 0.0693. The summed E-state index contributed by atoms with van der Waals surface area (Å²) in [6.45, 7) is 0. The van der Waals surface area contributed by atoms with Gasteiger partial charge in [-0.3, -0.25) is 4.98 Å². The number of hydrogen-bond acceptors (Lipinski definition) is 4. The predicted molar refractivity (Wildman–Crippen MR) is 78.5 cm³/mol. The third kappa shape index (κ3) is 3.48. The van der Waals surface area contributed by atoms with E-state index in [-0.39, 0.29) is 17.1 Å². The molecule has 106 valence electrons. The van der Waals surface area contributed by atoms with Crippen molar-refractivity contribution in [2.45, 2.75) is 0 Å². The fourth-order valence-electron chi connectivity index (χ4n) is 1.74. The van der Waals surface area contributed by atoms with Crippen molar-refractivity contribution in [3.63, 3.8) is 0 Å². The van der Waals surface area contributed by atoms with Gasteiger partial charge in [0.25, 0.3) is 0 Å². The Morgan fingerprint density at radius 1 is 0.857 bits per heavy atom. The maximum absolute atomic E-state index is 10.3. The number of benzene rings is 2. The van der Waals surface area contributed by atoms with E-state index in [4.69, 9.17) is 10.2 Å². The minimum absolute atomic E-state index is 0.0671. The van der Waals surface area contributed by atoms with Crippen LogP contribution >= 0.6 is 0 Å². The fraction of sp³-hybridized carbons (Fsp3) is 0. The molecule has 0 unspecified atom stereocenters. The van der Waals surface area contributed by atoms with Crippen LogP contribution in [0.4, 0.5) is 0 Å². The molecule has 0 atom stereocenters. The molecule has 5 nitrogen and oxygen atoms in total. The molecule has 1 heterocycles. The van der Waals surface area contributed by atoms with E-state index < -0.39 is 5.97 Å². The zero-order valence-electron chi connectivity index (χ0n) is 11.0. The standard InChI is InChI=1S/C9H7NO.C7H6O3/c11-8-5-1-3-7-4-2-6-10-9(7)8;8-6-4-2-1-3-5(6)7(9)10/h1-6,11H;1-4,8H,(H,9,10). The van der Waals surface area contributed by atoms with E-state index in [0.717, 1.165) is 5.39 Å². The van der Waals surface area contributed by atoms with E-state index in [9.17, 15) is 9.90 Å². The van der Waals surface area contributed by atoms with Crippen molar-refractivity contribution in [3.8, 4) is 11.5 Å². The molecule has 0 saturated heterocycles. The topological polar surface area (TPSA) is 90.7 Å². The number of aromatic carboxylic acids is 1. The second-order valence-corrected chi connectivity index (χ2v) is 4.17. The molecule has 3 N–H and O–H groups in total. The molecule has 21 heavy (non-hydrogen) atoms. The Labute approximate surface area is 120 Å². The van der Waals surface area contributed by atoms with E-state index in [2.05, 4.69) is 4.98 Å². The minimum Gasteiger partial charge on any atom is -0.507 e. The Kier molecular flexibility index (Phi) is 4.36. The highest BCUT2D eigenvalue weighted by molar-refractivity contribution is 5.90. The van der Waals surface area contributed by atoms with Gasteiger partial charge in [-0.25, -0.2) is 4.79 Å². The van der Waals surface area contributed by atoms with Gasteiger partial charge in [0.2, 0.25) is 0 Å². The average molecular weight is 283 g/mol. The molecule has 0 aliphatic heterocycles. The molecule has 3 aromatic rings. The Morgan fingerprint density at radius 2 is 1.52 bits per heavy atom. The van der Waals surface area contributed by atoms with Gasteiger partial charge in [-0.05, 0) is 24.3 Å². The molecular weight excluding hydrogens is 270 g/mol. The molecule has 0 aliphatic carbocycles. The normalized spacial score (nSPS) is 9.71. The highest BCUT2D eigenvalue weighted by Crippen LogP contribution is 2.20. The number of carboxylic acid groups (broad SMARTS) is 1. The first kappa shape index (κ1) is 14.3. The highest BCUT2D eigenvalue weighted by atomic mass is 16.4. The molecule has 2 aromatic carbocycles. The van der Waals surface area contributed by atoms with Crippen LogP contribution < -0.4 is 0 Å². The summed E-state index contributed by atoms with van der Waals surface area (Å²) < 4.78 is 0. The molecule has 0 radical (unpaired) electrons. The number of nitrogens with zero attached hydrogens (tertiary/aromatic N) is 1. The molecule has 0 spiro atoms. The summed E-state index contributed by atoms with van der Waals surface area (Å²) in [6.07, 6.45) is 1.67. The Hall–Kier alpha value is -3.08. The summed E-state index contributed by atoms with van der Waals surface area (Å²) >= 11 is 0. The molecule has 0 amide bonds. The van der Waals surface area contributed by atoms with Gasteiger partial charge in [-0.1, -0.05) is 30.3 Å². The summed E-state index contributed by atoms with van der Waals surface area (Å²) in [4.78, 5) is 14.3. The van der Waals surface area contributed by atoms with Crippen LogP contribution in [0.15, 0.2) is 60.8 Å². The number of aromatic hydroxyl groups is 2. The van der Waals surface area contributed by atoms with Gasteiger partial charge in [0.15, 0.2) is 0 Å². The fourth-order valence-corrected chi connectivity index (χ4v) is 1.74. The second-order valence-electron chi connectivity index (χ2n) is 4.17. The first-order valence-corrected chi connectivity index (χ1v) is 6.13. The average Bonchev–Trinajstić information content (AvgIpc) is 2.49. The van der Waals surface area contributed by atoms with E-state index >= 15 is 0 Å². The summed E-state index contributed by atoms with van der Waals surface area (Å²) in [6, 6.07) is 14.9. The van der Waals surface area contributed by atoms with Crippen LogP contribution in [0.3, 0.4) is 0 Å². The zero-order valence-corrected chi connectivity index (χ0v) is 11.0. The van der Waals surface area contributed by atoms with Crippen LogP contribution in [0.2, 0.25) is 0 Å². The van der Waals surface area contributed by atoms with E-state index in [0.29, 0.717) is 5.52 Å². The first-order valence-electron chi connectivity index (χ1n) is 6.13. The molecule has 0 bridgehead atoms. The number of rotatable bonds is 1. The van der Waals surface area contributed by atoms with Crippen molar-refractivity contribution in [2.75, 3.05) is 0 Å². The quantitative estimate of drug-likeness (QED) is 0.638. The predicted octanol–water partition coefficient (Wildman–Crippen LogP) is 3.03. The van der Waals surface area contributed by atoms with Crippen molar-refractivity contribution in [3.05, 3.63) is 66.4 Å². The van der Waals surface area contributed by atoms with E-state index in [1.165, 1.54) is 12.1 Å². The summed E-state index contributed by atoms with van der Waals surface area (Å²) in [5.74, 6) is -1.07. The van der Waals surface area contributed by atoms with E-state index in [1.807, 2.05) is 18.2 Å². The van der Waals surface area contributed by atoms with Crippen molar-refractivity contribution in [1.82, 2.24) is 4.98 Å². The number of pyridine rings is 1. The minimum atomic E-state index is -1.11. The van der Waals surface area contributed by atoms with Crippen molar-refractivity contribution < 1.29 is 20.1 Å². The lowest BCUT2D eigenvalue weighted by Gasteiger charge is -1.96. The molecular formula is C16H13NO4. The number of para-hydroxylation sites is 2. The molecule has 0 saturated carbocycles. The number of phenols is 2. The van der Waals surface area contributed by atoms with Crippen molar-refractivity contribution in [2.24, 2.45) is 0 Å². The smallest absolute Gasteiger partial charge is 0.339 e. The molecule has 5 heteroatoms. The SMILES string of the molecule is O=C(O)c1ccccc1O.Oc1cccc2cccnc12. The summed E-state index contributed by atoms with van der Waals surface area (Å²) in [5.41, 5.74) is 0.595. The zero-order chi connectivity index (χ0) is 15.2. The van der Waals surface area contributed by atoms with Crippen LogP contribution in [0.5, 0.6) is 11.5 Å². The Bertz CT molecular complexity index is 766. The van der Waals surface area contributed by atoms with Gasteiger partial charge < -0.3 is 15.3 Å². The van der Waals surface area contributed by atoms with Gasteiger partial charge in [-0.15, -0.1) is 0 Å². The first-order chi connectivity index (χ1) is 10.1. The lowest BCUT2D eigenvalue weighted by Crippen LogP contribution is -1.95. The maximum Gasteiger partial charge on any atom is 0.339 e. The monoisotopic (exact) mass is 283 g/mol. The summed E-state index contributed by atoms with van der Waals surface area (Å²) in [7, 11) is 0. The van der Waals surface area contributed by atoms with Crippen LogP contribution in [0.1, 0.15) is 10.4 Å². The van der Waals surface area contributed by atoms with Crippen LogP contribution in [-0.2, 0) is 0 Å². The highest BCUT2D eigenvalue weighted by Gasteiger charge is 2.05.